The van der Waals surface area contributed by atoms with Crippen LogP contribution in [0.2, 0.25) is 0 Å². The van der Waals surface area contributed by atoms with Crippen molar-refractivity contribution in [2.45, 2.75) is 13.8 Å². The van der Waals surface area contributed by atoms with Gasteiger partial charge in [0.15, 0.2) is 0 Å². The van der Waals surface area contributed by atoms with Crippen LogP contribution in [0.5, 0.6) is 5.75 Å². The molecule has 0 saturated carbocycles. The molecule has 2 aromatic carbocycles. The van der Waals surface area contributed by atoms with Crippen LogP contribution < -0.4 is 10.1 Å². The molecule has 4 heteroatoms. The molecule has 1 N–H and O–H groups in total. The summed E-state index contributed by atoms with van der Waals surface area (Å²) in [5, 5.41) is 2.88. The molecule has 0 saturated heterocycles. The third-order valence-electron chi connectivity index (χ3n) is 3.37. The zero-order chi connectivity index (χ0) is 16.1. The quantitative estimate of drug-likeness (QED) is 0.801. The number of benzene rings is 2. The van der Waals surface area contributed by atoms with Crippen molar-refractivity contribution >= 4 is 33.6 Å². The number of hydrogen-bond acceptors (Lipinski definition) is 2. The van der Waals surface area contributed by atoms with Gasteiger partial charge in [-0.2, -0.15) is 0 Å². The maximum atomic E-state index is 12.0. The van der Waals surface area contributed by atoms with Crippen molar-refractivity contribution in [3.8, 4) is 5.75 Å². The molecule has 0 aromatic heterocycles. The fraction of sp³-hybridized carbons (Fsp3) is 0.167. The Morgan fingerprint density at radius 2 is 2.00 bits per heavy atom. The van der Waals surface area contributed by atoms with Crippen molar-refractivity contribution in [3.05, 3.63) is 63.6 Å². The first-order valence-corrected chi connectivity index (χ1v) is 7.69. The smallest absolute Gasteiger partial charge is 0.248 e. The van der Waals surface area contributed by atoms with Gasteiger partial charge in [0.2, 0.25) is 5.91 Å². The SMILES string of the molecule is COc1ccc(/C=C/C(=O)Nc2cccc(Br)c2C)cc1C. The predicted molar refractivity (Wildman–Crippen MR) is 94.3 cm³/mol. The Morgan fingerprint density at radius 3 is 2.68 bits per heavy atom. The number of hydrogen-bond donors (Lipinski definition) is 1. The summed E-state index contributed by atoms with van der Waals surface area (Å²) in [6, 6.07) is 11.5. The molecule has 0 radical (unpaired) electrons. The van der Waals surface area contributed by atoms with Gasteiger partial charge < -0.3 is 10.1 Å². The molecule has 0 aliphatic rings. The van der Waals surface area contributed by atoms with Gasteiger partial charge in [0.25, 0.3) is 0 Å². The summed E-state index contributed by atoms with van der Waals surface area (Å²) >= 11 is 3.45. The van der Waals surface area contributed by atoms with Crippen molar-refractivity contribution in [1.29, 1.82) is 0 Å². The molecule has 0 fully saturated rings. The number of halogens is 1. The van der Waals surface area contributed by atoms with Crippen molar-refractivity contribution in [1.82, 2.24) is 0 Å². The molecule has 1 amide bonds. The predicted octanol–water partition coefficient (Wildman–Crippen LogP) is 4.73. The summed E-state index contributed by atoms with van der Waals surface area (Å²) in [7, 11) is 1.64. The largest absolute Gasteiger partial charge is 0.496 e. The first-order chi connectivity index (χ1) is 10.5. The van der Waals surface area contributed by atoms with E-state index in [1.807, 2.05) is 50.2 Å². The number of nitrogens with one attached hydrogen (secondary N) is 1. The summed E-state index contributed by atoms with van der Waals surface area (Å²) < 4.78 is 6.19. The van der Waals surface area contributed by atoms with Gasteiger partial charge in [0, 0.05) is 16.2 Å². The molecule has 0 aliphatic carbocycles. The van der Waals surface area contributed by atoms with Crippen molar-refractivity contribution in [2.24, 2.45) is 0 Å². The third-order valence-corrected chi connectivity index (χ3v) is 4.23. The minimum absolute atomic E-state index is 0.158. The van der Waals surface area contributed by atoms with E-state index in [0.717, 1.165) is 32.6 Å². The molecule has 2 aromatic rings. The lowest BCUT2D eigenvalue weighted by Gasteiger charge is -2.08. The Kier molecular flexibility index (Phi) is 5.39. The normalized spacial score (nSPS) is 10.7. The second-order valence-corrected chi connectivity index (χ2v) is 5.82. The van der Waals surface area contributed by atoms with Gasteiger partial charge in [-0.15, -0.1) is 0 Å². The molecular weight excluding hydrogens is 342 g/mol. The van der Waals surface area contributed by atoms with E-state index in [1.54, 1.807) is 13.2 Å². The molecule has 0 unspecified atom stereocenters. The summed E-state index contributed by atoms with van der Waals surface area (Å²) in [6.45, 7) is 3.93. The molecule has 0 atom stereocenters. The van der Waals surface area contributed by atoms with E-state index in [9.17, 15) is 4.79 Å². The number of rotatable bonds is 4. The van der Waals surface area contributed by atoms with E-state index in [1.165, 1.54) is 6.08 Å². The monoisotopic (exact) mass is 359 g/mol. The summed E-state index contributed by atoms with van der Waals surface area (Å²) in [5.74, 6) is 0.682. The van der Waals surface area contributed by atoms with Crippen molar-refractivity contribution < 1.29 is 9.53 Å². The van der Waals surface area contributed by atoms with Crippen LogP contribution in [0.25, 0.3) is 6.08 Å². The van der Waals surface area contributed by atoms with Crippen LogP contribution in [0, 0.1) is 13.8 Å². The van der Waals surface area contributed by atoms with E-state index in [4.69, 9.17) is 4.74 Å². The van der Waals surface area contributed by atoms with Gasteiger partial charge in [-0.05, 0) is 60.9 Å². The van der Waals surface area contributed by atoms with Crippen LogP contribution in [0.15, 0.2) is 46.9 Å². The van der Waals surface area contributed by atoms with Crippen LogP contribution in [-0.2, 0) is 4.79 Å². The fourth-order valence-electron chi connectivity index (χ4n) is 2.09. The van der Waals surface area contributed by atoms with E-state index in [2.05, 4.69) is 21.2 Å². The lowest BCUT2D eigenvalue weighted by molar-refractivity contribution is -0.111. The average Bonchev–Trinajstić information content (AvgIpc) is 2.50. The Balaban J connectivity index is 2.08. The van der Waals surface area contributed by atoms with E-state index < -0.39 is 0 Å². The first kappa shape index (κ1) is 16.3. The van der Waals surface area contributed by atoms with Gasteiger partial charge in [-0.3, -0.25) is 4.79 Å². The Bertz CT molecular complexity index is 723. The minimum atomic E-state index is -0.158. The Hall–Kier alpha value is -2.07. The molecule has 114 valence electrons. The zero-order valence-corrected chi connectivity index (χ0v) is 14.4. The molecule has 0 bridgehead atoms. The number of ether oxygens (including phenoxy) is 1. The highest BCUT2D eigenvalue weighted by Crippen LogP contribution is 2.23. The van der Waals surface area contributed by atoms with Crippen LogP contribution in [0.1, 0.15) is 16.7 Å². The van der Waals surface area contributed by atoms with Gasteiger partial charge in [-0.1, -0.05) is 28.1 Å². The number of carbonyl (C=O) groups excluding carboxylic acids is 1. The second-order valence-electron chi connectivity index (χ2n) is 4.96. The Labute approximate surface area is 139 Å². The molecule has 0 spiro atoms. The van der Waals surface area contributed by atoms with Crippen LogP contribution in [0.3, 0.4) is 0 Å². The minimum Gasteiger partial charge on any atom is -0.496 e. The standard InChI is InChI=1S/C18H18BrNO2/c1-12-11-14(7-9-17(12)22-3)8-10-18(21)20-16-6-4-5-15(19)13(16)2/h4-11H,1-3H3,(H,20,21)/b10-8+. The second kappa shape index (κ2) is 7.27. The van der Waals surface area contributed by atoms with Crippen molar-refractivity contribution in [3.63, 3.8) is 0 Å². The maximum Gasteiger partial charge on any atom is 0.248 e. The van der Waals surface area contributed by atoms with Gasteiger partial charge in [0.05, 0.1) is 7.11 Å². The molecule has 0 heterocycles. The number of carbonyl (C=O) groups is 1. The average molecular weight is 360 g/mol. The number of methoxy groups -OCH3 is 1. The highest BCUT2D eigenvalue weighted by molar-refractivity contribution is 9.10. The molecule has 3 nitrogen and oxygen atoms in total. The van der Waals surface area contributed by atoms with Gasteiger partial charge >= 0.3 is 0 Å². The zero-order valence-electron chi connectivity index (χ0n) is 12.8. The highest BCUT2D eigenvalue weighted by Gasteiger charge is 2.04. The molecule has 2 rings (SSSR count). The lowest BCUT2D eigenvalue weighted by Crippen LogP contribution is -2.09. The van der Waals surface area contributed by atoms with Gasteiger partial charge in [0.1, 0.15) is 5.75 Å². The molecular formula is C18H18BrNO2. The van der Waals surface area contributed by atoms with Crippen LogP contribution in [-0.4, -0.2) is 13.0 Å². The Morgan fingerprint density at radius 1 is 1.23 bits per heavy atom. The van der Waals surface area contributed by atoms with E-state index in [0.29, 0.717) is 0 Å². The summed E-state index contributed by atoms with van der Waals surface area (Å²) in [5.41, 5.74) is 3.80. The third kappa shape index (κ3) is 3.98. The van der Waals surface area contributed by atoms with Crippen LogP contribution in [0.4, 0.5) is 5.69 Å². The van der Waals surface area contributed by atoms with Crippen LogP contribution >= 0.6 is 15.9 Å². The topological polar surface area (TPSA) is 38.3 Å². The summed E-state index contributed by atoms with van der Waals surface area (Å²) in [4.78, 5) is 12.0. The van der Waals surface area contributed by atoms with E-state index >= 15 is 0 Å². The van der Waals surface area contributed by atoms with E-state index in [-0.39, 0.29) is 5.91 Å². The molecule has 0 aliphatic heterocycles. The lowest BCUT2D eigenvalue weighted by atomic mass is 10.1. The summed E-state index contributed by atoms with van der Waals surface area (Å²) in [6.07, 6.45) is 3.32. The number of anilines is 1. The van der Waals surface area contributed by atoms with Crippen molar-refractivity contribution in [2.75, 3.05) is 12.4 Å². The van der Waals surface area contributed by atoms with Gasteiger partial charge in [-0.25, -0.2) is 0 Å². The molecule has 22 heavy (non-hydrogen) atoms. The fourth-order valence-corrected chi connectivity index (χ4v) is 2.46. The number of aryl methyl sites for hydroxylation is 1. The maximum absolute atomic E-state index is 12.0. The number of amides is 1. The first-order valence-electron chi connectivity index (χ1n) is 6.90. The highest BCUT2D eigenvalue weighted by atomic mass is 79.9.